The molecule has 0 aliphatic carbocycles. The average Bonchev–Trinajstić information content (AvgIpc) is 2.71. The Labute approximate surface area is 188 Å². The number of carbonyl (C=O) groups is 1. The molecule has 5 heteroatoms. The van der Waals surface area contributed by atoms with Crippen LogP contribution in [-0.2, 0) is 0 Å². The minimum Gasteiger partial charge on any atom is -0.322 e. The minimum atomic E-state index is -0.140. The summed E-state index contributed by atoms with van der Waals surface area (Å²) in [6.07, 6.45) is 0. The summed E-state index contributed by atoms with van der Waals surface area (Å²) in [4.78, 5) is 17.1. The van der Waals surface area contributed by atoms with Crippen LogP contribution in [0.15, 0.2) is 65.7 Å². The van der Waals surface area contributed by atoms with Gasteiger partial charge in [0.25, 0.3) is 5.91 Å². The first-order valence-corrected chi connectivity index (χ1v) is 10.6. The minimum absolute atomic E-state index is 0.140. The molecule has 0 atom stereocenters. The van der Waals surface area contributed by atoms with E-state index in [0.29, 0.717) is 15.6 Å². The molecule has 3 aromatic rings. The van der Waals surface area contributed by atoms with E-state index in [4.69, 9.17) is 23.2 Å². The zero-order valence-electron chi connectivity index (χ0n) is 17.9. The van der Waals surface area contributed by atoms with E-state index in [9.17, 15) is 4.79 Å². The molecule has 0 saturated heterocycles. The van der Waals surface area contributed by atoms with Crippen molar-refractivity contribution in [1.82, 2.24) is 0 Å². The van der Waals surface area contributed by atoms with Crippen LogP contribution in [0.2, 0.25) is 10.0 Å². The molecule has 30 heavy (non-hydrogen) atoms. The molecule has 1 amide bonds. The Morgan fingerprint density at radius 1 is 0.900 bits per heavy atom. The average molecular weight is 441 g/mol. The third-order valence-corrected chi connectivity index (χ3v) is 4.98. The quantitative estimate of drug-likeness (QED) is 0.409. The topological polar surface area (TPSA) is 41.5 Å². The fourth-order valence-electron chi connectivity index (χ4n) is 2.93. The van der Waals surface area contributed by atoms with Gasteiger partial charge < -0.3 is 5.32 Å². The van der Waals surface area contributed by atoms with Crippen LogP contribution in [0.5, 0.6) is 0 Å². The van der Waals surface area contributed by atoms with Gasteiger partial charge in [-0.25, -0.2) is 0 Å². The first-order valence-electron chi connectivity index (χ1n) is 9.83. The standard InChI is InChI=1S/C23H20Cl2N2O.C2H6/c1-14-6-4-7-17(12-14)23(28)27-18-10-11-21(15(2)13-18)26-16(3)22-19(24)8-5-9-20(22)25;1-2/h4-13H,1-3H3,(H,27,28);1-2H3. The lowest BCUT2D eigenvalue weighted by Crippen LogP contribution is -2.12. The highest BCUT2D eigenvalue weighted by Gasteiger charge is 2.10. The van der Waals surface area contributed by atoms with E-state index >= 15 is 0 Å². The lowest BCUT2D eigenvalue weighted by molar-refractivity contribution is 0.102. The molecule has 0 fully saturated rings. The van der Waals surface area contributed by atoms with Gasteiger partial charge in [-0.05, 0) is 68.8 Å². The van der Waals surface area contributed by atoms with Crippen molar-refractivity contribution in [3.8, 4) is 0 Å². The monoisotopic (exact) mass is 440 g/mol. The third-order valence-electron chi connectivity index (χ3n) is 4.35. The van der Waals surface area contributed by atoms with Crippen molar-refractivity contribution in [2.45, 2.75) is 34.6 Å². The maximum Gasteiger partial charge on any atom is 0.255 e. The van der Waals surface area contributed by atoms with Crippen molar-refractivity contribution in [2.75, 3.05) is 5.32 Å². The van der Waals surface area contributed by atoms with Crippen LogP contribution in [-0.4, -0.2) is 11.6 Å². The molecule has 3 rings (SSSR count). The summed E-state index contributed by atoms with van der Waals surface area (Å²) in [7, 11) is 0. The molecule has 3 nitrogen and oxygen atoms in total. The van der Waals surface area contributed by atoms with Crippen LogP contribution in [0, 0.1) is 13.8 Å². The smallest absolute Gasteiger partial charge is 0.255 e. The summed E-state index contributed by atoms with van der Waals surface area (Å²) in [5.74, 6) is -0.140. The largest absolute Gasteiger partial charge is 0.322 e. The SMILES string of the molecule is CC.CC(=Nc1ccc(NC(=O)c2cccc(C)c2)cc1C)c1c(Cl)cccc1Cl. The van der Waals surface area contributed by atoms with Gasteiger partial charge in [0.1, 0.15) is 0 Å². The number of benzene rings is 3. The number of hydrogen-bond donors (Lipinski definition) is 1. The molecule has 1 N–H and O–H groups in total. The second-order valence-corrected chi connectivity index (χ2v) is 7.43. The molecule has 0 aliphatic rings. The maximum atomic E-state index is 12.4. The highest BCUT2D eigenvalue weighted by Crippen LogP contribution is 2.28. The van der Waals surface area contributed by atoms with Gasteiger partial charge in [0.2, 0.25) is 0 Å². The summed E-state index contributed by atoms with van der Waals surface area (Å²) < 4.78 is 0. The van der Waals surface area contributed by atoms with E-state index in [1.54, 1.807) is 24.3 Å². The summed E-state index contributed by atoms with van der Waals surface area (Å²) in [5, 5.41) is 4.05. The molecule has 0 saturated carbocycles. The van der Waals surface area contributed by atoms with Crippen LogP contribution in [0.4, 0.5) is 11.4 Å². The molecule has 0 radical (unpaired) electrons. The van der Waals surface area contributed by atoms with Crippen molar-refractivity contribution in [2.24, 2.45) is 4.99 Å². The first-order chi connectivity index (χ1) is 14.3. The van der Waals surface area contributed by atoms with Gasteiger partial charge in [0.15, 0.2) is 0 Å². The summed E-state index contributed by atoms with van der Waals surface area (Å²) in [5.41, 5.74) is 5.58. The van der Waals surface area contributed by atoms with Gasteiger partial charge in [-0.2, -0.15) is 0 Å². The second kappa shape index (κ2) is 11.0. The molecule has 0 heterocycles. The predicted molar refractivity (Wildman–Crippen MR) is 130 cm³/mol. The highest BCUT2D eigenvalue weighted by molar-refractivity contribution is 6.40. The highest BCUT2D eigenvalue weighted by atomic mass is 35.5. The van der Waals surface area contributed by atoms with Crippen molar-refractivity contribution in [1.29, 1.82) is 0 Å². The Hall–Kier alpha value is -2.62. The van der Waals surface area contributed by atoms with E-state index in [-0.39, 0.29) is 5.91 Å². The Morgan fingerprint density at radius 2 is 1.53 bits per heavy atom. The lowest BCUT2D eigenvalue weighted by Gasteiger charge is -2.10. The summed E-state index contributed by atoms with van der Waals surface area (Å²) in [6.45, 7) is 9.78. The number of aryl methyl sites for hydroxylation is 2. The van der Waals surface area contributed by atoms with E-state index in [1.165, 1.54) is 0 Å². The normalized spacial score (nSPS) is 10.8. The number of aliphatic imine (C=N–C) groups is 1. The predicted octanol–water partition coefficient (Wildman–Crippen LogP) is 8.03. The van der Waals surface area contributed by atoms with Crippen molar-refractivity contribution < 1.29 is 4.79 Å². The van der Waals surface area contributed by atoms with E-state index in [1.807, 2.05) is 71.0 Å². The van der Waals surface area contributed by atoms with Crippen LogP contribution in [0.1, 0.15) is 47.8 Å². The molecule has 0 spiro atoms. The maximum absolute atomic E-state index is 12.4. The second-order valence-electron chi connectivity index (χ2n) is 6.62. The molecule has 0 unspecified atom stereocenters. The number of hydrogen-bond acceptors (Lipinski definition) is 2. The van der Waals surface area contributed by atoms with E-state index in [2.05, 4.69) is 10.3 Å². The Kier molecular flexibility index (Phi) is 8.64. The van der Waals surface area contributed by atoms with Crippen molar-refractivity contribution in [3.63, 3.8) is 0 Å². The number of halogens is 2. The Morgan fingerprint density at radius 3 is 2.13 bits per heavy atom. The van der Waals surface area contributed by atoms with Gasteiger partial charge in [0, 0.05) is 22.5 Å². The zero-order chi connectivity index (χ0) is 22.3. The third kappa shape index (κ3) is 5.94. The van der Waals surface area contributed by atoms with E-state index < -0.39 is 0 Å². The number of nitrogens with one attached hydrogen (secondary N) is 1. The molecule has 0 aromatic heterocycles. The summed E-state index contributed by atoms with van der Waals surface area (Å²) in [6, 6.07) is 18.5. The van der Waals surface area contributed by atoms with Crippen molar-refractivity contribution in [3.05, 3.63) is 93.0 Å². The Bertz CT molecular complexity index is 1050. The van der Waals surface area contributed by atoms with Gasteiger partial charge in [-0.3, -0.25) is 9.79 Å². The van der Waals surface area contributed by atoms with Crippen LogP contribution in [0.25, 0.3) is 0 Å². The lowest BCUT2D eigenvalue weighted by atomic mass is 10.1. The van der Waals surface area contributed by atoms with E-state index in [0.717, 1.165) is 33.8 Å². The van der Waals surface area contributed by atoms with Crippen LogP contribution < -0.4 is 5.32 Å². The van der Waals surface area contributed by atoms with Gasteiger partial charge in [-0.1, -0.05) is 60.8 Å². The number of nitrogens with zero attached hydrogens (tertiary/aromatic N) is 1. The van der Waals surface area contributed by atoms with Gasteiger partial charge >= 0.3 is 0 Å². The Balaban J connectivity index is 0.00000155. The van der Waals surface area contributed by atoms with Gasteiger partial charge in [0.05, 0.1) is 15.7 Å². The fourth-order valence-corrected chi connectivity index (χ4v) is 3.60. The first kappa shape index (κ1) is 23.7. The molecule has 3 aromatic carbocycles. The van der Waals surface area contributed by atoms with Gasteiger partial charge in [-0.15, -0.1) is 0 Å². The number of carbonyl (C=O) groups excluding carboxylic acids is 1. The molecular weight excluding hydrogens is 415 g/mol. The molecule has 0 aliphatic heterocycles. The zero-order valence-corrected chi connectivity index (χ0v) is 19.4. The number of anilines is 1. The molecule has 0 bridgehead atoms. The summed E-state index contributed by atoms with van der Waals surface area (Å²) >= 11 is 12.5. The van der Waals surface area contributed by atoms with Crippen LogP contribution >= 0.6 is 23.2 Å². The number of rotatable bonds is 4. The number of amides is 1. The van der Waals surface area contributed by atoms with Crippen molar-refractivity contribution >= 4 is 46.2 Å². The van der Waals surface area contributed by atoms with Crippen LogP contribution in [0.3, 0.4) is 0 Å². The molecular formula is C25H26Cl2N2O. The molecule has 156 valence electrons. The fraction of sp³-hybridized carbons (Fsp3) is 0.200.